The van der Waals surface area contributed by atoms with Gasteiger partial charge in [0.25, 0.3) is 0 Å². The minimum atomic E-state index is -0.0818. The fourth-order valence-electron chi connectivity index (χ4n) is 3.72. The molecule has 0 fully saturated rings. The molecule has 0 radical (unpaired) electrons. The van der Waals surface area contributed by atoms with Crippen LogP contribution in [0.3, 0.4) is 0 Å². The molecule has 0 saturated carbocycles. The Bertz CT molecular complexity index is 807. The molecule has 0 aliphatic heterocycles. The second-order valence-corrected chi connectivity index (χ2v) is 8.73. The Morgan fingerprint density at radius 1 is 1.07 bits per heavy atom. The van der Waals surface area contributed by atoms with Crippen molar-refractivity contribution < 1.29 is 9.53 Å². The molecule has 30 heavy (non-hydrogen) atoms. The quantitative estimate of drug-likeness (QED) is 0.301. The van der Waals surface area contributed by atoms with Gasteiger partial charge in [-0.15, -0.1) is 0 Å². The smallest absolute Gasteiger partial charge is 0.305 e. The molecular formula is C25H35BrN2O2. The van der Waals surface area contributed by atoms with Gasteiger partial charge in [-0.3, -0.25) is 4.79 Å². The number of unbranched alkanes of at least 4 members (excludes halogenated alkanes) is 3. The van der Waals surface area contributed by atoms with E-state index in [0.717, 1.165) is 36.7 Å². The highest BCUT2D eigenvalue weighted by Crippen LogP contribution is 2.32. The number of carbonyl (C=O) groups excluding carboxylic acids is 1. The molecule has 1 atom stereocenters. The molecule has 4 nitrogen and oxygen atoms in total. The summed E-state index contributed by atoms with van der Waals surface area (Å²) in [5, 5.41) is 3.79. The van der Waals surface area contributed by atoms with Crippen LogP contribution in [0.2, 0.25) is 0 Å². The van der Waals surface area contributed by atoms with Crippen LogP contribution in [-0.4, -0.2) is 33.2 Å². The van der Waals surface area contributed by atoms with E-state index in [1.807, 2.05) is 6.92 Å². The van der Waals surface area contributed by atoms with Crippen LogP contribution in [0.1, 0.15) is 61.8 Å². The zero-order valence-electron chi connectivity index (χ0n) is 18.7. The predicted molar refractivity (Wildman–Crippen MR) is 129 cm³/mol. The maximum atomic E-state index is 11.4. The van der Waals surface area contributed by atoms with Gasteiger partial charge in [0.15, 0.2) is 0 Å². The van der Waals surface area contributed by atoms with Crippen molar-refractivity contribution in [1.82, 2.24) is 5.32 Å². The Balaban J connectivity index is 2.03. The number of para-hydroxylation sites is 1. The van der Waals surface area contributed by atoms with Gasteiger partial charge in [0.1, 0.15) is 0 Å². The van der Waals surface area contributed by atoms with E-state index < -0.39 is 0 Å². The number of aryl methyl sites for hydroxylation is 1. The van der Waals surface area contributed by atoms with Crippen molar-refractivity contribution in [3.05, 3.63) is 63.6 Å². The fourth-order valence-corrected chi connectivity index (χ4v) is 4.19. The van der Waals surface area contributed by atoms with Gasteiger partial charge in [-0.25, -0.2) is 0 Å². The average Bonchev–Trinajstić information content (AvgIpc) is 2.71. The van der Waals surface area contributed by atoms with Gasteiger partial charge in [-0.2, -0.15) is 0 Å². The molecule has 1 unspecified atom stereocenters. The molecule has 0 aromatic heterocycles. The summed E-state index contributed by atoms with van der Waals surface area (Å²) in [5.74, 6) is -0.0818. The first-order valence-electron chi connectivity index (χ1n) is 10.8. The molecule has 1 N–H and O–H groups in total. The maximum absolute atomic E-state index is 11.4. The molecule has 2 rings (SSSR count). The molecule has 5 heteroatoms. The van der Waals surface area contributed by atoms with Crippen LogP contribution in [0.5, 0.6) is 0 Å². The van der Waals surface area contributed by atoms with Crippen LogP contribution in [0, 0.1) is 6.92 Å². The van der Waals surface area contributed by atoms with Crippen molar-refractivity contribution in [2.24, 2.45) is 0 Å². The van der Waals surface area contributed by atoms with E-state index >= 15 is 0 Å². The van der Waals surface area contributed by atoms with Gasteiger partial charge in [0, 0.05) is 30.7 Å². The van der Waals surface area contributed by atoms with Crippen molar-refractivity contribution in [2.45, 2.75) is 52.0 Å². The molecule has 0 bridgehead atoms. The lowest BCUT2D eigenvalue weighted by atomic mass is 9.93. The number of rotatable bonds is 12. The standard InChI is InChI=1S/C25H35BrN2O2/c1-5-30-24(29)14-8-6-7-11-17-27-25(21-16-15-20(26)18-19(21)2)22-12-9-10-13-23(22)28(3)4/h9-10,12-13,15-16,18,25,27H,5-8,11,14,17H2,1-4H3. The monoisotopic (exact) mass is 474 g/mol. The largest absolute Gasteiger partial charge is 0.466 e. The van der Waals surface area contributed by atoms with E-state index in [4.69, 9.17) is 4.74 Å². The second-order valence-electron chi connectivity index (χ2n) is 7.81. The average molecular weight is 475 g/mol. The van der Waals surface area contributed by atoms with Crippen LogP contribution in [0.25, 0.3) is 0 Å². The molecule has 2 aromatic rings. The van der Waals surface area contributed by atoms with Gasteiger partial charge in [-0.05, 0) is 68.1 Å². The molecule has 0 spiro atoms. The summed E-state index contributed by atoms with van der Waals surface area (Å²) in [6.07, 6.45) is 4.67. The van der Waals surface area contributed by atoms with E-state index in [1.54, 1.807) is 0 Å². The highest BCUT2D eigenvalue weighted by molar-refractivity contribution is 9.10. The summed E-state index contributed by atoms with van der Waals surface area (Å²) >= 11 is 3.59. The van der Waals surface area contributed by atoms with E-state index in [9.17, 15) is 4.79 Å². The Morgan fingerprint density at radius 2 is 1.80 bits per heavy atom. The molecule has 2 aromatic carbocycles. The van der Waals surface area contributed by atoms with Crippen LogP contribution in [0.15, 0.2) is 46.9 Å². The number of ether oxygens (including phenoxy) is 1. The van der Waals surface area contributed by atoms with Gasteiger partial charge in [0.2, 0.25) is 0 Å². The van der Waals surface area contributed by atoms with Gasteiger partial charge < -0.3 is 15.0 Å². The number of benzene rings is 2. The molecular weight excluding hydrogens is 440 g/mol. The number of hydrogen-bond acceptors (Lipinski definition) is 4. The maximum Gasteiger partial charge on any atom is 0.305 e. The van der Waals surface area contributed by atoms with Crippen molar-refractivity contribution in [2.75, 3.05) is 32.1 Å². The zero-order chi connectivity index (χ0) is 21.9. The molecule has 164 valence electrons. The third-order valence-electron chi connectivity index (χ3n) is 5.23. The summed E-state index contributed by atoms with van der Waals surface area (Å²) in [6.45, 7) is 5.42. The van der Waals surface area contributed by atoms with Crippen LogP contribution >= 0.6 is 15.9 Å². The Kier molecular flexibility index (Phi) is 10.4. The highest BCUT2D eigenvalue weighted by atomic mass is 79.9. The fraction of sp³-hybridized carbons (Fsp3) is 0.480. The first kappa shape index (κ1) is 24.4. The Labute approximate surface area is 190 Å². The Morgan fingerprint density at radius 3 is 2.50 bits per heavy atom. The number of nitrogens with one attached hydrogen (secondary N) is 1. The third kappa shape index (κ3) is 7.44. The van der Waals surface area contributed by atoms with Gasteiger partial charge in [-0.1, -0.05) is 53.0 Å². The van der Waals surface area contributed by atoms with Crippen molar-refractivity contribution in [1.29, 1.82) is 0 Å². The van der Waals surface area contributed by atoms with E-state index in [0.29, 0.717) is 13.0 Å². The first-order chi connectivity index (χ1) is 14.4. The summed E-state index contributed by atoms with van der Waals surface area (Å²) in [5.41, 5.74) is 5.08. The minimum absolute atomic E-state index is 0.0818. The first-order valence-corrected chi connectivity index (χ1v) is 11.6. The lowest BCUT2D eigenvalue weighted by molar-refractivity contribution is -0.143. The highest BCUT2D eigenvalue weighted by Gasteiger charge is 2.19. The lowest BCUT2D eigenvalue weighted by Gasteiger charge is -2.27. The van der Waals surface area contributed by atoms with Crippen molar-refractivity contribution in [3.8, 4) is 0 Å². The number of anilines is 1. The SMILES string of the molecule is CCOC(=O)CCCCCCNC(c1ccc(Br)cc1C)c1ccccc1N(C)C. The van der Waals surface area contributed by atoms with Crippen molar-refractivity contribution >= 4 is 27.6 Å². The summed E-state index contributed by atoms with van der Waals surface area (Å²) in [6, 6.07) is 15.2. The van der Waals surface area contributed by atoms with Crippen molar-refractivity contribution in [3.63, 3.8) is 0 Å². The number of nitrogens with zero attached hydrogens (tertiary/aromatic N) is 1. The lowest BCUT2D eigenvalue weighted by Crippen LogP contribution is -2.26. The Hall–Kier alpha value is -1.85. The summed E-state index contributed by atoms with van der Waals surface area (Å²) in [7, 11) is 4.18. The molecule has 0 amide bonds. The summed E-state index contributed by atoms with van der Waals surface area (Å²) < 4.78 is 6.09. The van der Waals surface area contributed by atoms with E-state index in [-0.39, 0.29) is 12.0 Å². The molecule has 0 saturated heterocycles. The molecule has 0 heterocycles. The zero-order valence-corrected chi connectivity index (χ0v) is 20.3. The normalized spacial score (nSPS) is 11.9. The van der Waals surface area contributed by atoms with Crippen LogP contribution in [-0.2, 0) is 9.53 Å². The van der Waals surface area contributed by atoms with Gasteiger partial charge in [0.05, 0.1) is 12.6 Å². The number of halogens is 1. The van der Waals surface area contributed by atoms with E-state index in [2.05, 4.69) is 89.6 Å². The van der Waals surface area contributed by atoms with Gasteiger partial charge >= 0.3 is 5.97 Å². The molecule has 0 aliphatic rings. The van der Waals surface area contributed by atoms with E-state index in [1.165, 1.54) is 22.4 Å². The number of esters is 1. The minimum Gasteiger partial charge on any atom is -0.466 e. The summed E-state index contributed by atoms with van der Waals surface area (Å²) in [4.78, 5) is 13.6. The van der Waals surface area contributed by atoms with Crippen LogP contribution < -0.4 is 10.2 Å². The second kappa shape index (κ2) is 12.8. The molecule has 0 aliphatic carbocycles. The number of carbonyl (C=O) groups is 1. The number of hydrogen-bond donors (Lipinski definition) is 1. The topological polar surface area (TPSA) is 41.6 Å². The van der Waals surface area contributed by atoms with Crippen LogP contribution in [0.4, 0.5) is 5.69 Å². The third-order valence-corrected chi connectivity index (χ3v) is 5.73. The predicted octanol–water partition coefficient (Wildman–Crippen LogP) is 6.02.